The van der Waals surface area contributed by atoms with Crippen molar-refractivity contribution in [3.05, 3.63) is 117 Å². The number of amides is 4. The predicted molar refractivity (Wildman–Crippen MR) is 167 cm³/mol. The molecule has 0 spiro atoms. The summed E-state index contributed by atoms with van der Waals surface area (Å²) in [4.78, 5) is 44.2. The summed E-state index contributed by atoms with van der Waals surface area (Å²) >= 11 is 12.1. The molecule has 0 aliphatic carbocycles. The van der Waals surface area contributed by atoms with E-state index in [1.54, 1.807) is 52.2 Å². The highest BCUT2D eigenvalue weighted by Crippen LogP contribution is 2.31. The van der Waals surface area contributed by atoms with Gasteiger partial charge in [-0.15, -0.1) is 0 Å². The average molecular weight is 635 g/mol. The van der Waals surface area contributed by atoms with Gasteiger partial charge in [-0.05, 0) is 51.7 Å². The number of hydrogen-bond acceptors (Lipinski definition) is 4. The van der Waals surface area contributed by atoms with E-state index < -0.39 is 18.2 Å². The number of hydrogen-bond donors (Lipinski definition) is 1. The number of carbonyl (C=O) groups is 3. The number of benzene rings is 4. The quantitative estimate of drug-likeness (QED) is 0.293. The maximum Gasteiger partial charge on any atom is 0.332 e. The minimum absolute atomic E-state index is 0.0728. The lowest BCUT2D eigenvalue weighted by atomic mass is 9.99. The van der Waals surface area contributed by atoms with Crippen molar-refractivity contribution in [1.82, 2.24) is 25.1 Å². The molecule has 0 unspecified atom stereocenters. The monoisotopic (exact) mass is 633 g/mol. The third-order valence-corrected chi connectivity index (χ3v) is 9.00. The van der Waals surface area contributed by atoms with E-state index in [2.05, 4.69) is 5.32 Å². The number of carbonyl (C=O) groups excluding carboxylic acids is 3. The van der Waals surface area contributed by atoms with Gasteiger partial charge in [-0.2, -0.15) is 5.01 Å². The van der Waals surface area contributed by atoms with Gasteiger partial charge >= 0.3 is 6.03 Å². The van der Waals surface area contributed by atoms with Crippen LogP contribution in [0.4, 0.5) is 9.18 Å². The molecule has 0 aromatic heterocycles. The van der Waals surface area contributed by atoms with Gasteiger partial charge < -0.3 is 15.1 Å². The Balaban J connectivity index is 1.27. The Morgan fingerprint density at radius 3 is 2.45 bits per heavy atom. The minimum atomic E-state index is -0.820. The van der Waals surface area contributed by atoms with E-state index in [1.165, 1.54) is 17.1 Å². The van der Waals surface area contributed by atoms with E-state index in [9.17, 15) is 18.8 Å². The molecule has 11 heteroatoms. The van der Waals surface area contributed by atoms with Gasteiger partial charge in [-0.1, -0.05) is 83.9 Å². The van der Waals surface area contributed by atoms with Crippen LogP contribution in [0.5, 0.6) is 0 Å². The van der Waals surface area contributed by atoms with Crippen LogP contribution in [0.3, 0.4) is 0 Å². The zero-order valence-corrected chi connectivity index (χ0v) is 25.4. The molecule has 0 saturated carbocycles. The van der Waals surface area contributed by atoms with Crippen LogP contribution in [0.1, 0.15) is 16.7 Å². The molecule has 2 atom stereocenters. The first-order valence-corrected chi connectivity index (χ1v) is 15.0. The van der Waals surface area contributed by atoms with E-state index in [0.717, 1.165) is 27.5 Å². The molecule has 4 aromatic carbocycles. The van der Waals surface area contributed by atoms with Gasteiger partial charge in [-0.25, -0.2) is 9.18 Å². The van der Waals surface area contributed by atoms with Crippen LogP contribution in [0.25, 0.3) is 10.8 Å². The molecule has 2 saturated heterocycles. The zero-order valence-electron chi connectivity index (χ0n) is 23.9. The SMILES string of the molecule is CN(C(=O)NCc1ccc(Cl)c(Cl)c1)N1CC(=O)N2[C@@H](Cc3ccc(F)cc3)C(=O)N(Cc3cccc4ccccc34)C[C@@H]21. The molecule has 0 bridgehead atoms. The maximum atomic E-state index is 14.1. The fourth-order valence-electron chi connectivity index (χ4n) is 5.99. The third-order valence-electron chi connectivity index (χ3n) is 8.26. The van der Waals surface area contributed by atoms with Crippen LogP contribution in [-0.2, 0) is 29.1 Å². The molecule has 2 fully saturated rings. The lowest BCUT2D eigenvalue weighted by molar-refractivity contribution is -0.157. The number of nitrogens with zero attached hydrogens (tertiary/aromatic N) is 4. The summed E-state index contributed by atoms with van der Waals surface area (Å²) in [6.45, 7) is 0.670. The topological polar surface area (TPSA) is 76.2 Å². The van der Waals surface area contributed by atoms with E-state index in [1.807, 2.05) is 42.5 Å². The third kappa shape index (κ3) is 5.95. The Morgan fingerprint density at radius 1 is 0.955 bits per heavy atom. The second-order valence-corrected chi connectivity index (χ2v) is 11.8. The second kappa shape index (κ2) is 12.4. The Bertz CT molecular complexity index is 1730. The van der Waals surface area contributed by atoms with E-state index >= 15 is 0 Å². The summed E-state index contributed by atoms with van der Waals surface area (Å²) in [6.07, 6.45) is -0.365. The summed E-state index contributed by atoms with van der Waals surface area (Å²) in [5.74, 6) is -0.832. The van der Waals surface area contributed by atoms with Crippen LogP contribution in [0.15, 0.2) is 84.9 Å². The zero-order chi connectivity index (χ0) is 31.0. The number of piperazine rings is 1. The van der Waals surface area contributed by atoms with Crippen molar-refractivity contribution in [2.24, 2.45) is 0 Å². The van der Waals surface area contributed by atoms with Crippen LogP contribution in [0.2, 0.25) is 10.0 Å². The molecule has 4 aromatic rings. The molecular weight excluding hydrogens is 604 g/mol. The minimum Gasteiger partial charge on any atom is -0.333 e. The Labute approximate surface area is 264 Å². The van der Waals surface area contributed by atoms with Crippen molar-refractivity contribution in [2.75, 3.05) is 20.1 Å². The van der Waals surface area contributed by atoms with Crippen molar-refractivity contribution in [3.63, 3.8) is 0 Å². The number of halogens is 3. The number of hydrazine groups is 1. The summed E-state index contributed by atoms with van der Waals surface area (Å²) in [6, 6.07) is 23.8. The Kier molecular flexibility index (Phi) is 8.44. The molecule has 2 aliphatic rings. The van der Waals surface area contributed by atoms with Gasteiger partial charge in [-0.3, -0.25) is 14.6 Å². The largest absolute Gasteiger partial charge is 0.333 e. The number of urea groups is 1. The smallest absolute Gasteiger partial charge is 0.332 e. The highest BCUT2D eigenvalue weighted by atomic mass is 35.5. The molecular formula is C33H30Cl2FN5O3. The van der Waals surface area contributed by atoms with Crippen molar-refractivity contribution in [1.29, 1.82) is 0 Å². The summed E-state index contributed by atoms with van der Waals surface area (Å²) in [5, 5.41) is 8.86. The van der Waals surface area contributed by atoms with Gasteiger partial charge in [0.2, 0.25) is 11.8 Å². The van der Waals surface area contributed by atoms with Gasteiger partial charge in [0.15, 0.2) is 0 Å². The molecule has 44 heavy (non-hydrogen) atoms. The predicted octanol–water partition coefficient (Wildman–Crippen LogP) is 5.47. The first kappa shape index (κ1) is 29.9. The lowest BCUT2D eigenvalue weighted by Gasteiger charge is -2.46. The van der Waals surface area contributed by atoms with Crippen molar-refractivity contribution in [2.45, 2.75) is 31.7 Å². The van der Waals surface area contributed by atoms with E-state index in [-0.39, 0.29) is 43.7 Å². The van der Waals surface area contributed by atoms with Crippen molar-refractivity contribution < 1.29 is 18.8 Å². The number of rotatable bonds is 7. The van der Waals surface area contributed by atoms with Gasteiger partial charge in [0.25, 0.3) is 0 Å². The normalized spacial score (nSPS) is 18.5. The number of fused-ring (bicyclic) bond motifs is 2. The summed E-state index contributed by atoms with van der Waals surface area (Å²) in [5.41, 5.74) is 2.48. The molecule has 1 N–H and O–H groups in total. The van der Waals surface area contributed by atoms with E-state index in [4.69, 9.17) is 23.2 Å². The van der Waals surface area contributed by atoms with Crippen LogP contribution < -0.4 is 5.32 Å². The molecule has 226 valence electrons. The van der Waals surface area contributed by atoms with Crippen LogP contribution in [-0.4, -0.2) is 70.0 Å². The van der Waals surface area contributed by atoms with Crippen molar-refractivity contribution in [3.8, 4) is 0 Å². The Hall–Kier alpha value is -4.18. The van der Waals surface area contributed by atoms with Gasteiger partial charge in [0.1, 0.15) is 18.0 Å². The highest BCUT2D eigenvalue weighted by molar-refractivity contribution is 6.42. The first-order chi connectivity index (χ1) is 21.2. The molecule has 2 aliphatic heterocycles. The second-order valence-electron chi connectivity index (χ2n) is 11.0. The van der Waals surface area contributed by atoms with E-state index in [0.29, 0.717) is 16.6 Å². The van der Waals surface area contributed by atoms with Crippen LogP contribution >= 0.6 is 23.2 Å². The first-order valence-electron chi connectivity index (χ1n) is 14.2. The molecule has 0 radical (unpaired) electrons. The van der Waals surface area contributed by atoms with Gasteiger partial charge in [0.05, 0.1) is 23.1 Å². The lowest BCUT2D eigenvalue weighted by Crippen LogP contribution is -2.65. The van der Waals surface area contributed by atoms with Gasteiger partial charge in [0, 0.05) is 26.6 Å². The fraction of sp³-hybridized carbons (Fsp3) is 0.242. The highest BCUT2D eigenvalue weighted by Gasteiger charge is 2.51. The molecule has 6 rings (SSSR count). The molecule has 8 nitrogen and oxygen atoms in total. The van der Waals surface area contributed by atoms with Crippen molar-refractivity contribution >= 4 is 51.8 Å². The standard InChI is InChI=1S/C33H30Cl2FN5O3/c1-38(33(44)37-17-22-11-14-27(34)28(35)15-22)40-20-31(42)41-29(16-21-9-12-25(36)13-10-21)32(43)39(19-30(40)41)18-24-7-4-6-23-5-2-3-8-26(23)24/h2-15,29-30H,16-20H2,1H3,(H,37,44)/t29-,30+/m0/s1. The number of nitrogens with one attached hydrogen (secondary N) is 1. The molecule has 4 amide bonds. The summed E-state index contributed by atoms with van der Waals surface area (Å²) in [7, 11) is 1.60. The Morgan fingerprint density at radius 2 is 1.68 bits per heavy atom. The maximum absolute atomic E-state index is 14.1. The fourth-order valence-corrected chi connectivity index (χ4v) is 6.31. The molecule has 2 heterocycles. The average Bonchev–Trinajstić information content (AvgIpc) is 3.35. The summed E-state index contributed by atoms with van der Waals surface area (Å²) < 4.78 is 13.7. The van der Waals surface area contributed by atoms with Crippen LogP contribution in [0, 0.1) is 5.82 Å².